The summed E-state index contributed by atoms with van der Waals surface area (Å²) in [4.78, 5) is 0. The molecule has 0 atom stereocenters. The zero-order valence-electron chi connectivity index (χ0n) is 13.2. The molecule has 0 rings (SSSR count). The van der Waals surface area contributed by atoms with Gasteiger partial charge in [-0.15, -0.1) is 0 Å². The van der Waals surface area contributed by atoms with Crippen LogP contribution in [-0.4, -0.2) is 0 Å². The summed E-state index contributed by atoms with van der Waals surface area (Å²) in [7, 11) is 0. The molecule has 0 radical (unpaired) electrons. The van der Waals surface area contributed by atoms with Crippen LogP contribution >= 0.6 is 11.6 Å². The van der Waals surface area contributed by atoms with Crippen LogP contribution in [0.3, 0.4) is 0 Å². The number of allylic oxidation sites excluding steroid dienone is 1. The van der Waals surface area contributed by atoms with Gasteiger partial charge in [-0.1, -0.05) is 109 Å². The lowest BCUT2D eigenvalue weighted by atomic mass is 10.0. The number of unbranched alkanes of at least 4 members (excludes halogenated alkanes) is 13. The molecule has 0 nitrogen and oxygen atoms in total. The Morgan fingerprint density at radius 3 is 1.26 bits per heavy atom. The number of hydrogen-bond donors (Lipinski definition) is 0. The van der Waals surface area contributed by atoms with Gasteiger partial charge in [0.2, 0.25) is 0 Å². The fraction of sp³-hybridized carbons (Fsp3) is 0.889. The maximum Gasteiger partial charge on any atom is 0.0109 e. The average molecular weight is 287 g/mol. The van der Waals surface area contributed by atoms with Gasteiger partial charge in [-0.3, -0.25) is 0 Å². The molecular weight excluding hydrogens is 252 g/mol. The predicted octanol–water partition coefficient (Wildman–Crippen LogP) is 7.61. The largest absolute Gasteiger partial charge is 0.0898 e. The van der Waals surface area contributed by atoms with E-state index in [4.69, 9.17) is 11.6 Å². The summed E-state index contributed by atoms with van der Waals surface area (Å²) in [6, 6.07) is 0. The van der Waals surface area contributed by atoms with Crippen LogP contribution in [0.5, 0.6) is 0 Å². The molecule has 0 heterocycles. The highest BCUT2D eigenvalue weighted by Crippen LogP contribution is 2.15. The molecule has 19 heavy (non-hydrogen) atoms. The van der Waals surface area contributed by atoms with Crippen molar-refractivity contribution in [3.8, 4) is 0 Å². The van der Waals surface area contributed by atoms with Crippen LogP contribution in [0.4, 0.5) is 0 Å². The lowest BCUT2D eigenvalue weighted by Crippen LogP contribution is -1.83. The van der Waals surface area contributed by atoms with Crippen molar-refractivity contribution in [1.29, 1.82) is 0 Å². The normalized spacial score (nSPS) is 10.8. The molecule has 0 bridgehead atoms. The summed E-state index contributed by atoms with van der Waals surface area (Å²) < 4.78 is 0. The molecule has 1 heteroatoms. The van der Waals surface area contributed by atoms with Crippen LogP contribution in [0.1, 0.15) is 103 Å². The maximum absolute atomic E-state index is 5.73. The van der Waals surface area contributed by atoms with Gasteiger partial charge in [-0.2, -0.15) is 0 Å². The first kappa shape index (κ1) is 19.0. The zero-order chi connectivity index (χ0) is 14.2. The number of rotatable bonds is 15. The maximum atomic E-state index is 5.73. The van der Waals surface area contributed by atoms with Crippen molar-refractivity contribution in [2.75, 3.05) is 0 Å². The van der Waals surface area contributed by atoms with E-state index in [0.717, 1.165) is 11.5 Å². The Morgan fingerprint density at radius 1 is 0.632 bits per heavy atom. The van der Waals surface area contributed by atoms with E-state index in [1.54, 1.807) is 0 Å². The molecule has 0 amide bonds. The van der Waals surface area contributed by atoms with Crippen LogP contribution in [0.15, 0.2) is 11.6 Å². The molecule has 0 aromatic heterocycles. The second-order valence-electron chi connectivity index (χ2n) is 5.86. The van der Waals surface area contributed by atoms with E-state index in [-0.39, 0.29) is 0 Å². The lowest BCUT2D eigenvalue weighted by molar-refractivity contribution is 0.536. The molecular formula is C18H35Cl. The molecule has 114 valence electrons. The number of halogens is 1. The van der Waals surface area contributed by atoms with Gasteiger partial charge in [0.1, 0.15) is 0 Å². The van der Waals surface area contributed by atoms with Gasteiger partial charge in [-0.25, -0.2) is 0 Å². The van der Waals surface area contributed by atoms with Crippen molar-refractivity contribution in [1.82, 2.24) is 0 Å². The fourth-order valence-corrected chi connectivity index (χ4v) is 2.64. The predicted molar refractivity (Wildman–Crippen MR) is 89.9 cm³/mol. The van der Waals surface area contributed by atoms with Gasteiger partial charge in [-0.05, 0) is 12.8 Å². The Labute approximate surface area is 127 Å². The summed E-state index contributed by atoms with van der Waals surface area (Å²) in [5.41, 5.74) is 0. The van der Waals surface area contributed by atoms with Crippen molar-refractivity contribution < 1.29 is 0 Å². The van der Waals surface area contributed by atoms with Crippen LogP contribution in [-0.2, 0) is 0 Å². The topological polar surface area (TPSA) is 0 Å². The highest BCUT2D eigenvalue weighted by Gasteiger charge is 1.94. The van der Waals surface area contributed by atoms with Crippen molar-refractivity contribution in [3.05, 3.63) is 11.6 Å². The Morgan fingerprint density at radius 2 is 0.947 bits per heavy atom. The molecule has 0 aliphatic carbocycles. The Bertz CT molecular complexity index is 186. The van der Waals surface area contributed by atoms with Gasteiger partial charge in [0.25, 0.3) is 0 Å². The summed E-state index contributed by atoms with van der Waals surface area (Å²) in [5.74, 6) is 0. The molecule has 0 unspecified atom stereocenters. The quantitative estimate of drug-likeness (QED) is 0.272. The molecule has 0 aliphatic rings. The van der Waals surface area contributed by atoms with E-state index in [2.05, 4.69) is 13.5 Å². The first-order chi connectivity index (χ1) is 9.27. The van der Waals surface area contributed by atoms with Crippen molar-refractivity contribution in [2.45, 2.75) is 103 Å². The van der Waals surface area contributed by atoms with E-state index in [1.807, 2.05) is 0 Å². The van der Waals surface area contributed by atoms with Crippen LogP contribution in [0, 0.1) is 0 Å². The third-order valence-corrected chi connectivity index (χ3v) is 3.99. The minimum atomic E-state index is 0.818. The molecule has 0 saturated carbocycles. The van der Waals surface area contributed by atoms with Crippen molar-refractivity contribution >= 4 is 11.6 Å². The van der Waals surface area contributed by atoms with Gasteiger partial charge in [0.05, 0.1) is 0 Å². The monoisotopic (exact) mass is 286 g/mol. The highest BCUT2D eigenvalue weighted by molar-refractivity contribution is 6.29. The van der Waals surface area contributed by atoms with Gasteiger partial charge >= 0.3 is 0 Å². The minimum absolute atomic E-state index is 0.818. The summed E-state index contributed by atoms with van der Waals surface area (Å²) in [6.45, 7) is 6.00. The van der Waals surface area contributed by atoms with Crippen LogP contribution in [0.25, 0.3) is 0 Å². The third-order valence-electron chi connectivity index (χ3n) is 3.80. The third kappa shape index (κ3) is 18.0. The Hall–Kier alpha value is 0.0300. The van der Waals surface area contributed by atoms with E-state index in [9.17, 15) is 0 Å². The van der Waals surface area contributed by atoms with Crippen LogP contribution in [0.2, 0.25) is 0 Å². The van der Waals surface area contributed by atoms with Crippen molar-refractivity contribution in [2.24, 2.45) is 0 Å². The highest BCUT2D eigenvalue weighted by atomic mass is 35.5. The molecule has 0 fully saturated rings. The first-order valence-electron chi connectivity index (χ1n) is 8.60. The van der Waals surface area contributed by atoms with Crippen molar-refractivity contribution in [3.63, 3.8) is 0 Å². The Kier molecular flexibility index (Phi) is 16.1. The van der Waals surface area contributed by atoms with E-state index in [0.29, 0.717) is 0 Å². The fourth-order valence-electron chi connectivity index (χ4n) is 2.51. The van der Waals surface area contributed by atoms with E-state index >= 15 is 0 Å². The Balaban J connectivity index is 2.93. The van der Waals surface area contributed by atoms with Gasteiger partial charge < -0.3 is 0 Å². The minimum Gasteiger partial charge on any atom is -0.0898 e. The van der Waals surface area contributed by atoms with E-state index < -0.39 is 0 Å². The number of hydrogen-bond acceptors (Lipinski definition) is 0. The van der Waals surface area contributed by atoms with Gasteiger partial charge in [0, 0.05) is 5.03 Å². The first-order valence-corrected chi connectivity index (χ1v) is 8.98. The average Bonchev–Trinajstić information content (AvgIpc) is 2.39. The standard InChI is InChI=1S/C18H35Cl/c1-3-4-5-6-7-8-9-10-11-12-13-14-15-16-17-18(2)19/h2-17H2,1H3. The second-order valence-corrected chi connectivity index (χ2v) is 6.40. The van der Waals surface area contributed by atoms with E-state index in [1.165, 1.54) is 89.9 Å². The molecule has 0 spiro atoms. The molecule has 0 aromatic carbocycles. The molecule has 0 aliphatic heterocycles. The molecule has 0 N–H and O–H groups in total. The van der Waals surface area contributed by atoms with Crippen LogP contribution < -0.4 is 0 Å². The zero-order valence-corrected chi connectivity index (χ0v) is 13.9. The lowest BCUT2D eigenvalue weighted by Gasteiger charge is -2.03. The summed E-state index contributed by atoms with van der Waals surface area (Å²) in [5, 5.41) is 0.818. The van der Waals surface area contributed by atoms with Gasteiger partial charge in [0.15, 0.2) is 0 Å². The SMILES string of the molecule is C=C(Cl)CCCCCCCCCCCCCCCC. The molecule has 0 aromatic rings. The summed E-state index contributed by atoms with van der Waals surface area (Å²) >= 11 is 5.73. The summed E-state index contributed by atoms with van der Waals surface area (Å²) in [6.07, 6.45) is 20.7. The smallest absolute Gasteiger partial charge is 0.0109 e. The second kappa shape index (κ2) is 16.1. The molecule has 0 saturated heterocycles.